The van der Waals surface area contributed by atoms with Crippen LogP contribution in [0.4, 0.5) is 0 Å². The van der Waals surface area contributed by atoms with Crippen LogP contribution in [-0.4, -0.2) is 51.6 Å². The highest BCUT2D eigenvalue weighted by atomic mass is 35.5. The lowest BCUT2D eigenvalue weighted by Gasteiger charge is -2.15. The van der Waals surface area contributed by atoms with Gasteiger partial charge >= 0.3 is 5.97 Å². The van der Waals surface area contributed by atoms with Gasteiger partial charge in [-0.3, -0.25) is 9.59 Å². The molecule has 6 rings (SSSR count). The minimum Gasteiger partial charge on any atom is -0.481 e. The molecule has 1 atom stereocenters. The molecule has 4 heterocycles. The fourth-order valence-electron chi connectivity index (χ4n) is 4.83. The van der Waals surface area contributed by atoms with Crippen molar-refractivity contribution < 1.29 is 9.90 Å². The number of thioether (sulfide) groups is 1. The van der Waals surface area contributed by atoms with Gasteiger partial charge in [-0.2, -0.15) is 4.68 Å². The molecule has 0 aliphatic carbocycles. The van der Waals surface area contributed by atoms with Crippen LogP contribution in [0.2, 0.25) is 10.2 Å². The van der Waals surface area contributed by atoms with Crippen molar-refractivity contribution in [2.24, 2.45) is 0 Å². The number of aliphatic carboxylic acids is 1. The average Bonchev–Trinajstić information content (AvgIpc) is 3.68. The molecule has 0 spiro atoms. The molecule has 0 fully saturated rings. The molecule has 13 heteroatoms. The number of carboxylic acid groups (broad SMARTS) is 1. The lowest BCUT2D eigenvalue weighted by atomic mass is 10.0. The van der Waals surface area contributed by atoms with Crippen molar-refractivity contribution >= 4 is 40.9 Å². The van der Waals surface area contributed by atoms with E-state index in [0.29, 0.717) is 40.6 Å². The van der Waals surface area contributed by atoms with Gasteiger partial charge in [0.1, 0.15) is 12.2 Å². The molecule has 10 nitrogen and oxygen atoms in total. The summed E-state index contributed by atoms with van der Waals surface area (Å²) in [5.41, 5.74) is 4.25. The van der Waals surface area contributed by atoms with Crippen molar-refractivity contribution in [3.8, 4) is 28.1 Å². The van der Waals surface area contributed by atoms with Gasteiger partial charge in [-0.1, -0.05) is 35.3 Å². The van der Waals surface area contributed by atoms with Crippen molar-refractivity contribution in [2.45, 2.75) is 23.8 Å². The number of pyridine rings is 1. The Morgan fingerprint density at radius 3 is 2.79 bits per heavy atom. The third-order valence-electron chi connectivity index (χ3n) is 6.48. The Hall–Kier alpha value is -3.93. The quantitative estimate of drug-likeness (QED) is 0.260. The summed E-state index contributed by atoms with van der Waals surface area (Å²) in [5.74, 6) is -0.339. The Morgan fingerprint density at radius 1 is 1.13 bits per heavy atom. The van der Waals surface area contributed by atoms with Crippen LogP contribution in [0.15, 0.2) is 70.6 Å². The first-order chi connectivity index (χ1) is 18.9. The summed E-state index contributed by atoms with van der Waals surface area (Å²) >= 11 is 14.1. The second-order valence-corrected chi connectivity index (χ2v) is 10.8. The first-order valence-electron chi connectivity index (χ1n) is 11.9. The van der Waals surface area contributed by atoms with Crippen molar-refractivity contribution in [3.05, 3.63) is 93.0 Å². The fraction of sp³-hybridized carbons (Fsp3) is 0.154. The van der Waals surface area contributed by atoms with Crippen LogP contribution >= 0.6 is 35.0 Å². The van der Waals surface area contributed by atoms with E-state index in [1.54, 1.807) is 22.8 Å². The number of nitrogens with one attached hydrogen (secondary N) is 1. The number of aryl methyl sites for hydroxylation is 1. The first-order valence-corrected chi connectivity index (χ1v) is 13.6. The number of H-pyrrole nitrogens is 1. The van der Waals surface area contributed by atoms with Gasteiger partial charge in [-0.15, -0.1) is 16.9 Å². The number of aromatic nitrogens is 7. The van der Waals surface area contributed by atoms with Crippen LogP contribution in [0.5, 0.6) is 0 Å². The molecule has 39 heavy (non-hydrogen) atoms. The van der Waals surface area contributed by atoms with Gasteiger partial charge in [-0.05, 0) is 65.2 Å². The number of aromatic amines is 1. The normalized spacial score (nSPS) is 14.5. The maximum absolute atomic E-state index is 13.5. The molecule has 0 amide bonds. The second kappa shape index (κ2) is 10.3. The molecule has 1 aliphatic rings. The lowest BCUT2D eigenvalue weighted by molar-refractivity contribution is -0.133. The minimum atomic E-state index is -0.886. The first kappa shape index (κ1) is 25.4. The number of halogens is 2. The summed E-state index contributed by atoms with van der Waals surface area (Å²) in [7, 11) is 0. The van der Waals surface area contributed by atoms with Crippen molar-refractivity contribution in [2.75, 3.05) is 5.75 Å². The molecule has 0 unspecified atom stereocenters. The number of carbonyl (C=O) groups is 1. The highest BCUT2D eigenvalue weighted by Gasteiger charge is 2.29. The second-order valence-electron chi connectivity index (χ2n) is 8.91. The van der Waals surface area contributed by atoms with Crippen molar-refractivity contribution in [1.29, 1.82) is 0 Å². The van der Waals surface area contributed by atoms with E-state index in [1.165, 1.54) is 22.8 Å². The molecule has 2 aromatic carbocycles. The SMILES string of the molecule is O=C(O)CSc1cccc(-c2[nH]c([C@@H]3CCc4cc(-c5cc(Cl)ccc5-n5cnnn5)cc(=O)n43)nc2Cl)c1. The lowest BCUT2D eigenvalue weighted by Crippen LogP contribution is -2.24. The van der Waals surface area contributed by atoms with Gasteiger partial charge in [0, 0.05) is 32.8 Å². The molecule has 0 bridgehead atoms. The van der Waals surface area contributed by atoms with Gasteiger partial charge in [0.25, 0.3) is 5.56 Å². The third-order valence-corrected chi connectivity index (χ3v) is 7.96. The number of hydrogen-bond donors (Lipinski definition) is 2. The van der Waals surface area contributed by atoms with Gasteiger partial charge in [-0.25, -0.2) is 4.98 Å². The number of tetrazole rings is 1. The Balaban J connectivity index is 1.35. The fourth-order valence-corrected chi connectivity index (χ4v) is 5.92. The van der Waals surface area contributed by atoms with Gasteiger partial charge < -0.3 is 14.7 Å². The standard InChI is InChI=1S/C26H19Cl2N7O3S/c27-16-4-6-20(34-13-29-32-33-34)19(11-16)15-8-17-5-7-21(35(17)22(36)10-15)26-30-24(25(28)31-26)14-2-1-3-18(9-14)39-12-23(37)38/h1-4,6,8-11,13,21H,5,7,12H2,(H,30,31)(H,37,38)/t21-/m0/s1. The predicted molar refractivity (Wildman–Crippen MR) is 148 cm³/mol. The molecule has 0 saturated heterocycles. The Morgan fingerprint density at radius 2 is 2.00 bits per heavy atom. The molecule has 196 valence electrons. The van der Waals surface area contributed by atoms with Gasteiger partial charge in [0.05, 0.1) is 23.2 Å². The number of fused-ring (bicyclic) bond motifs is 1. The third kappa shape index (κ3) is 4.96. The number of benzene rings is 2. The largest absolute Gasteiger partial charge is 0.481 e. The van der Waals surface area contributed by atoms with Gasteiger partial charge in [0.15, 0.2) is 5.15 Å². The monoisotopic (exact) mass is 579 g/mol. The van der Waals surface area contributed by atoms with E-state index in [0.717, 1.165) is 21.7 Å². The number of carboxylic acids is 1. The van der Waals surface area contributed by atoms with Crippen LogP contribution in [0.3, 0.4) is 0 Å². The van der Waals surface area contributed by atoms with E-state index >= 15 is 0 Å². The number of nitrogens with zero attached hydrogens (tertiary/aromatic N) is 6. The van der Waals surface area contributed by atoms with Crippen LogP contribution in [0.1, 0.15) is 24.0 Å². The van der Waals surface area contributed by atoms with Crippen LogP contribution in [0.25, 0.3) is 28.1 Å². The van der Waals surface area contributed by atoms with E-state index in [9.17, 15) is 9.59 Å². The summed E-state index contributed by atoms with van der Waals surface area (Å²) in [6, 6.07) is 16.0. The smallest absolute Gasteiger partial charge is 0.313 e. The zero-order valence-corrected chi connectivity index (χ0v) is 22.4. The predicted octanol–water partition coefficient (Wildman–Crippen LogP) is 4.90. The number of imidazole rings is 1. The molecule has 0 saturated carbocycles. The number of rotatable bonds is 7. The van der Waals surface area contributed by atoms with E-state index in [-0.39, 0.29) is 22.5 Å². The zero-order valence-electron chi connectivity index (χ0n) is 20.1. The van der Waals surface area contributed by atoms with Crippen LogP contribution in [-0.2, 0) is 11.2 Å². The van der Waals surface area contributed by atoms with E-state index in [4.69, 9.17) is 28.3 Å². The van der Waals surface area contributed by atoms with Crippen LogP contribution in [0, 0.1) is 0 Å². The molecular formula is C26H19Cl2N7O3S. The molecular weight excluding hydrogens is 561 g/mol. The molecule has 5 aromatic rings. The van der Waals surface area contributed by atoms with E-state index in [1.807, 2.05) is 36.4 Å². The molecule has 3 aromatic heterocycles. The van der Waals surface area contributed by atoms with E-state index in [2.05, 4.69) is 25.5 Å². The van der Waals surface area contributed by atoms with Crippen molar-refractivity contribution in [1.82, 2.24) is 34.7 Å². The summed E-state index contributed by atoms with van der Waals surface area (Å²) in [4.78, 5) is 33.1. The summed E-state index contributed by atoms with van der Waals surface area (Å²) in [6.07, 6.45) is 2.83. The van der Waals surface area contributed by atoms with Crippen LogP contribution < -0.4 is 5.56 Å². The molecule has 2 N–H and O–H groups in total. The van der Waals surface area contributed by atoms with Gasteiger partial charge in [0.2, 0.25) is 0 Å². The number of hydrogen-bond acceptors (Lipinski definition) is 7. The summed E-state index contributed by atoms with van der Waals surface area (Å²) < 4.78 is 3.27. The van der Waals surface area contributed by atoms with Crippen molar-refractivity contribution in [3.63, 3.8) is 0 Å². The Kier molecular flexibility index (Phi) is 6.71. The van der Waals surface area contributed by atoms with E-state index < -0.39 is 5.97 Å². The average molecular weight is 580 g/mol. The maximum Gasteiger partial charge on any atom is 0.313 e. The Bertz CT molecular complexity index is 1770. The summed E-state index contributed by atoms with van der Waals surface area (Å²) in [5, 5.41) is 21.2. The zero-order chi connectivity index (χ0) is 27.1. The topological polar surface area (TPSA) is 132 Å². The minimum absolute atomic E-state index is 0.0401. The highest BCUT2D eigenvalue weighted by Crippen LogP contribution is 2.36. The molecule has 1 aliphatic heterocycles. The Labute approximate surface area is 235 Å². The highest BCUT2D eigenvalue weighted by molar-refractivity contribution is 8.00. The molecule has 0 radical (unpaired) electrons. The maximum atomic E-state index is 13.5. The summed E-state index contributed by atoms with van der Waals surface area (Å²) in [6.45, 7) is 0.